The molecule has 1 nitrogen and oxygen atoms in total. The zero-order chi connectivity index (χ0) is 14.7. The molecule has 1 atom stereocenters. The van der Waals surface area contributed by atoms with E-state index in [-0.39, 0.29) is 6.04 Å². The Labute approximate surface area is 138 Å². The van der Waals surface area contributed by atoms with Crippen LogP contribution in [0, 0.1) is 6.92 Å². The van der Waals surface area contributed by atoms with Gasteiger partial charge in [0.05, 0.1) is 16.1 Å². The molecule has 1 unspecified atom stereocenters. The van der Waals surface area contributed by atoms with Crippen LogP contribution in [0.4, 0.5) is 5.69 Å². The molecule has 0 saturated carbocycles. The highest BCUT2D eigenvalue weighted by atomic mass is 79.9. The third kappa shape index (κ3) is 3.91. The first-order chi connectivity index (χ1) is 9.49. The van der Waals surface area contributed by atoms with Crippen LogP contribution < -0.4 is 5.32 Å². The molecule has 0 heterocycles. The average Bonchev–Trinajstić information content (AvgIpc) is 2.38. The van der Waals surface area contributed by atoms with Crippen LogP contribution in [0.3, 0.4) is 0 Å². The lowest BCUT2D eigenvalue weighted by Gasteiger charge is -2.20. The number of rotatable bonds is 4. The van der Waals surface area contributed by atoms with Crippen molar-refractivity contribution in [3.8, 4) is 0 Å². The number of nitrogens with one attached hydrogen (secondary N) is 1. The molecule has 0 radical (unpaired) electrons. The summed E-state index contributed by atoms with van der Waals surface area (Å²) in [5, 5.41) is 4.72. The topological polar surface area (TPSA) is 12.0 Å². The number of benzene rings is 2. The van der Waals surface area contributed by atoms with Crippen LogP contribution >= 0.6 is 39.1 Å². The average molecular weight is 373 g/mol. The molecule has 0 aromatic heterocycles. The van der Waals surface area contributed by atoms with Crippen molar-refractivity contribution in [1.29, 1.82) is 0 Å². The van der Waals surface area contributed by atoms with Crippen molar-refractivity contribution in [2.24, 2.45) is 0 Å². The van der Waals surface area contributed by atoms with Gasteiger partial charge in [0.2, 0.25) is 0 Å². The molecule has 0 saturated heterocycles. The molecule has 0 aliphatic heterocycles. The summed E-state index contributed by atoms with van der Waals surface area (Å²) in [7, 11) is 0. The fourth-order valence-electron chi connectivity index (χ4n) is 2.17. The molecular formula is C16H16BrCl2N. The Morgan fingerprint density at radius 3 is 2.45 bits per heavy atom. The van der Waals surface area contributed by atoms with E-state index in [0.29, 0.717) is 10.0 Å². The Kier molecular flexibility index (Phi) is 5.36. The molecular weight excluding hydrogens is 357 g/mol. The minimum Gasteiger partial charge on any atom is -0.378 e. The minimum atomic E-state index is 0.207. The molecule has 20 heavy (non-hydrogen) atoms. The summed E-state index contributed by atoms with van der Waals surface area (Å²) in [6, 6.07) is 12.3. The number of aryl methyl sites for hydroxylation is 1. The van der Waals surface area contributed by atoms with Crippen molar-refractivity contribution < 1.29 is 0 Å². The van der Waals surface area contributed by atoms with E-state index in [1.807, 2.05) is 18.2 Å². The Hall–Kier alpha value is -0.700. The predicted molar refractivity (Wildman–Crippen MR) is 92.0 cm³/mol. The molecule has 0 spiro atoms. The van der Waals surface area contributed by atoms with Crippen LogP contribution in [0.15, 0.2) is 40.9 Å². The Bertz CT molecular complexity index is 593. The molecule has 0 aliphatic rings. The zero-order valence-electron chi connectivity index (χ0n) is 11.4. The maximum atomic E-state index is 6.10. The van der Waals surface area contributed by atoms with E-state index in [9.17, 15) is 0 Å². The maximum absolute atomic E-state index is 6.10. The normalized spacial score (nSPS) is 12.2. The van der Waals surface area contributed by atoms with Crippen molar-refractivity contribution >= 4 is 44.8 Å². The van der Waals surface area contributed by atoms with E-state index >= 15 is 0 Å². The predicted octanol–water partition coefficient (Wildman–Crippen LogP) is 6.63. The van der Waals surface area contributed by atoms with Crippen LogP contribution in [-0.2, 0) is 0 Å². The zero-order valence-corrected chi connectivity index (χ0v) is 14.5. The second-order valence-electron chi connectivity index (χ2n) is 4.80. The number of halogens is 3. The van der Waals surface area contributed by atoms with Gasteiger partial charge >= 0.3 is 0 Å². The van der Waals surface area contributed by atoms with Crippen molar-refractivity contribution in [3.05, 3.63) is 62.0 Å². The molecule has 4 heteroatoms. The van der Waals surface area contributed by atoms with Gasteiger partial charge in [0, 0.05) is 10.2 Å². The third-order valence-corrected chi connectivity index (χ3v) is 4.33. The van der Waals surface area contributed by atoms with Gasteiger partial charge in [-0.3, -0.25) is 0 Å². The molecule has 2 aromatic carbocycles. The summed E-state index contributed by atoms with van der Waals surface area (Å²) in [4.78, 5) is 0. The summed E-state index contributed by atoms with van der Waals surface area (Å²) in [5.74, 6) is 0. The second kappa shape index (κ2) is 6.84. The minimum absolute atomic E-state index is 0.207. The van der Waals surface area contributed by atoms with Gasteiger partial charge in [0.25, 0.3) is 0 Å². The van der Waals surface area contributed by atoms with E-state index < -0.39 is 0 Å². The molecule has 106 valence electrons. The fourth-order valence-corrected chi connectivity index (χ4v) is 3.09. The monoisotopic (exact) mass is 371 g/mol. The Morgan fingerprint density at radius 2 is 1.85 bits per heavy atom. The van der Waals surface area contributed by atoms with Crippen molar-refractivity contribution in [2.45, 2.75) is 26.3 Å². The highest BCUT2D eigenvalue weighted by Gasteiger charge is 2.11. The lowest BCUT2D eigenvalue weighted by Crippen LogP contribution is -2.09. The Morgan fingerprint density at radius 1 is 1.10 bits per heavy atom. The van der Waals surface area contributed by atoms with Gasteiger partial charge in [-0.2, -0.15) is 0 Å². The molecule has 0 aliphatic carbocycles. The summed E-state index contributed by atoms with van der Waals surface area (Å²) < 4.78 is 1.07. The standard InChI is InChI=1S/C16H16BrCl2N/c1-3-16(11-4-5-14(18)15(19)8-11)20-13-7-10(2)6-12(17)9-13/h4-9,16,20H,3H2,1-2H3. The van der Waals surface area contributed by atoms with E-state index in [1.54, 1.807) is 0 Å². The van der Waals surface area contributed by atoms with E-state index in [2.05, 4.69) is 53.3 Å². The van der Waals surface area contributed by atoms with Crippen molar-refractivity contribution in [3.63, 3.8) is 0 Å². The van der Waals surface area contributed by atoms with Gasteiger partial charge < -0.3 is 5.32 Å². The Balaban J connectivity index is 2.26. The van der Waals surface area contributed by atoms with Crippen LogP contribution in [0.1, 0.15) is 30.5 Å². The van der Waals surface area contributed by atoms with Crippen LogP contribution in [0.25, 0.3) is 0 Å². The highest BCUT2D eigenvalue weighted by Crippen LogP contribution is 2.30. The van der Waals surface area contributed by atoms with Gasteiger partial charge in [-0.15, -0.1) is 0 Å². The molecule has 2 rings (SSSR count). The van der Waals surface area contributed by atoms with E-state index in [0.717, 1.165) is 22.1 Å². The van der Waals surface area contributed by atoms with Crippen LogP contribution in [0.2, 0.25) is 10.0 Å². The largest absolute Gasteiger partial charge is 0.378 e. The van der Waals surface area contributed by atoms with Crippen molar-refractivity contribution in [1.82, 2.24) is 0 Å². The number of hydrogen-bond donors (Lipinski definition) is 1. The van der Waals surface area contributed by atoms with E-state index in [4.69, 9.17) is 23.2 Å². The first-order valence-corrected chi connectivity index (χ1v) is 8.03. The number of anilines is 1. The van der Waals surface area contributed by atoms with Gasteiger partial charge in [0.1, 0.15) is 0 Å². The summed E-state index contributed by atoms with van der Waals surface area (Å²) in [5.41, 5.74) is 3.44. The lowest BCUT2D eigenvalue weighted by molar-refractivity contribution is 0.749. The lowest BCUT2D eigenvalue weighted by atomic mass is 10.0. The maximum Gasteiger partial charge on any atom is 0.0595 e. The summed E-state index contributed by atoms with van der Waals surface area (Å²) in [6.45, 7) is 4.22. The molecule has 0 bridgehead atoms. The molecule has 2 aromatic rings. The molecule has 1 N–H and O–H groups in total. The second-order valence-corrected chi connectivity index (χ2v) is 6.53. The first-order valence-electron chi connectivity index (χ1n) is 6.48. The third-order valence-electron chi connectivity index (χ3n) is 3.14. The van der Waals surface area contributed by atoms with E-state index in [1.165, 1.54) is 5.56 Å². The summed E-state index contributed by atoms with van der Waals surface area (Å²) >= 11 is 15.6. The van der Waals surface area contributed by atoms with Crippen LogP contribution in [0.5, 0.6) is 0 Å². The van der Waals surface area contributed by atoms with Gasteiger partial charge in [0.15, 0.2) is 0 Å². The molecule has 0 amide bonds. The molecule has 0 fully saturated rings. The van der Waals surface area contributed by atoms with Gasteiger partial charge in [-0.05, 0) is 54.8 Å². The smallest absolute Gasteiger partial charge is 0.0595 e. The SMILES string of the molecule is CCC(Nc1cc(C)cc(Br)c1)c1ccc(Cl)c(Cl)c1. The summed E-state index contributed by atoms with van der Waals surface area (Å²) in [6.07, 6.45) is 0.962. The quantitative estimate of drug-likeness (QED) is 0.635. The van der Waals surface area contributed by atoms with Crippen LogP contribution in [-0.4, -0.2) is 0 Å². The number of hydrogen-bond acceptors (Lipinski definition) is 1. The van der Waals surface area contributed by atoms with Gasteiger partial charge in [-0.1, -0.05) is 52.1 Å². The van der Waals surface area contributed by atoms with Gasteiger partial charge in [-0.25, -0.2) is 0 Å². The fraction of sp³-hybridized carbons (Fsp3) is 0.250. The van der Waals surface area contributed by atoms with Crippen molar-refractivity contribution in [2.75, 3.05) is 5.32 Å². The highest BCUT2D eigenvalue weighted by molar-refractivity contribution is 9.10. The first kappa shape index (κ1) is 15.7.